The van der Waals surface area contributed by atoms with Crippen molar-refractivity contribution >= 4 is 12.1 Å². The molecule has 0 spiro atoms. The first-order valence-electron chi connectivity index (χ1n) is 9.05. The van der Waals surface area contributed by atoms with E-state index in [0.717, 1.165) is 33.9 Å². The Bertz CT molecular complexity index is 1050. The zero-order chi connectivity index (χ0) is 17.5. The van der Waals surface area contributed by atoms with Crippen LogP contribution in [0.15, 0.2) is 65.8 Å². The fraction of sp³-hybridized carbons (Fsp3) is 0.174. The molecular weight excluding hydrogens is 320 g/mol. The second-order valence-corrected chi connectivity index (χ2v) is 6.99. The molecule has 1 saturated carbocycles. The van der Waals surface area contributed by atoms with Crippen LogP contribution in [-0.4, -0.2) is 17.1 Å². The zero-order valence-corrected chi connectivity index (χ0v) is 14.4. The molecule has 2 heterocycles. The number of benzene rings is 2. The van der Waals surface area contributed by atoms with Crippen LogP contribution < -0.4 is 0 Å². The van der Waals surface area contributed by atoms with Gasteiger partial charge in [0.05, 0.1) is 5.69 Å². The summed E-state index contributed by atoms with van der Waals surface area (Å²) in [5.41, 5.74) is 7.48. The monoisotopic (exact) mass is 338 g/mol. The van der Waals surface area contributed by atoms with Crippen molar-refractivity contribution in [2.75, 3.05) is 0 Å². The summed E-state index contributed by atoms with van der Waals surface area (Å²) in [6.07, 6.45) is 6.81. The van der Waals surface area contributed by atoms with Gasteiger partial charge in [0.15, 0.2) is 0 Å². The Balaban J connectivity index is 1.61. The Morgan fingerprint density at radius 1 is 0.885 bits per heavy atom. The van der Waals surface area contributed by atoms with E-state index < -0.39 is 0 Å². The first-order chi connectivity index (χ1) is 12.8. The van der Waals surface area contributed by atoms with Gasteiger partial charge in [-0.3, -0.25) is 9.78 Å². The molecule has 126 valence electrons. The van der Waals surface area contributed by atoms with Crippen molar-refractivity contribution in [3.63, 3.8) is 0 Å². The lowest BCUT2D eigenvalue weighted by Crippen LogP contribution is -2.08. The number of aliphatic imine (C=N–C) groups is 1. The summed E-state index contributed by atoms with van der Waals surface area (Å²) in [6.45, 7) is 0. The molecule has 26 heavy (non-hydrogen) atoms. The Kier molecular flexibility index (Phi) is 3.52. The third-order valence-corrected chi connectivity index (χ3v) is 5.18. The first kappa shape index (κ1) is 15.2. The van der Waals surface area contributed by atoms with E-state index in [1.165, 1.54) is 18.4 Å². The standard InChI is InChI=1S/C23H18N2O/c26-23-21-9-8-17(14-18(21)10-12-25-23)20-5-2-11-24-22(20)19-4-1-3-16(13-19)15-6-7-15/h1-5,8-9,11-15H,6-7,10H2. The van der Waals surface area contributed by atoms with Gasteiger partial charge in [-0.2, -0.15) is 0 Å². The van der Waals surface area contributed by atoms with E-state index in [1.807, 2.05) is 24.4 Å². The predicted molar refractivity (Wildman–Crippen MR) is 104 cm³/mol. The van der Waals surface area contributed by atoms with Crippen molar-refractivity contribution in [3.05, 3.63) is 77.5 Å². The van der Waals surface area contributed by atoms with Crippen molar-refractivity contribution in [3.8, 4) is 22.4 Å². The van der Waals surface area contributed by atoms with E-state index in [-0.39, 0.29) is 5.91 Å². The summed E-state index contributed by atoms with van der Waals surface area (Å²) in [4.78, 5) is 20.5. The molecule has 2 aromatic carbocycles. The van der Waals surface area contributed by atoms with Crippen molar-refractivity contribution in [2.24, 2.45) is 4.99 Å². The molecule has 0 radical (unpaired) electrons. The third kappa shape index (κ3) is 2.66. The van der Waals surface area contributed by atoms with Gasteiger partial charge < -0.3 is 0 Å². The fourth-order valence-electron chi connectivity index (χ4n) is 3.66. The van der Waals surface area contributed by atoms with Gasteiger partial charge in [0, 0.05) is 35.5 Å². The molecule has 5 rings (SSSR count). The molecule has 0 bridgehead atoms. The van der Waals surface area contributed by atoms with Gasteiger partial charge in [-0.15, -0.1) is 0 Å². The molecule has 3 aromatic rings. The van der Waals surface area contributed by atoms with Crippen LogP contribution in [-0.2, 0) is 6.42 Å². The van der Waals surface area contributed by atoms with E-state index in [0.29, 0.717) is 12.0 Å². The summed E-state index contributed by atoms with van der Waals surface area (Å²) in [7, 11) is 0. The zero-order valence-electron chi connectivity index (χ0n) is 14.4. The van der Waals surface area contributed by atoms with Crippen LogP contribution in [0.25, 0.3) is 22.4 Å². The van der Waals surface area contributed by atoms with Gasteiger partial charge >= 0.3 is 0 Å². The average Bonchev–Trinajstić information content (AvgIpc) is 3.53. The van der Waals surface area contributed by atoms with Crippen LogP contribution in [0.1, 0.15) is 40.2 Å². The number of amides is 1. The molecule has 3 heteroatoms. The Hall–Kier alpha value is -3.07. The smallest absolute Gasteiger partial charge is 0.267 e. The number of rotatable bonds is 3. The van der Waals surface area contributed by atoms with Crippen LogP contribution in [0.4, 0.5) is 0 Å². The summed E-state index contributed by atoms with van der Waals surface area (Å²) in [6, 6.07) is 18.8. The van der Waals surface area contributed by atoms with Crippen molar-refractivity contribution < 1.29 is 4.79 Å². The van der Waals surface area contributed by atoms with Crippen molar-refractivity contribution in [1.82, 2.24) is 4.98 Å². The minimum absolute atomic E-state index is 0.152. The number of nitrogens with zero attached hydrogens (tertiary/aromatic N) is 2. The van der Waals surface area contributed by atoms with E-state index in [2.05, 4.69) is 46.4 Å². The molecule has 0 N–H and O–H groups in total. The Labute approximate surface area is 152 Å². The number of carbonyl (C=O) groups excluding carboxylic acids is 1. The van der Waals surface area contributed by atoms with Crippen LogP contribution in [0, 0.1) is 0 Å². The minimum Gasteiger partial charge on any atom is -0.267 e. The maximum absolute atomic E-state index is 11.9. The van der Waals surface area contributed by atoms with E-state index in [9.17, 15) is 4.79 Å². The number of pyridine rings is 1. The Morgan fingerprint density at radius 3 is 2.69 bits per heavy atom. The minimum atomic E-state index is -0.152. The maximum Gasteiger partial charge on any atom is 0.276 e. The van der Waals surface area contributed by atoms with E-state index in [4.69, 9.17) is 0 Å². The molecule has 0 saturated heterocycles. The molecule has 3 nitrogen and oxygen atoms in total. The number of fused-ring (bicyclic) bond motifs is 1. The van der Waals surface area contributed by atoms with Gasteiger partial charge in [0.2, 0.25) is 0 Å². The molecule has 1 fully saturated rings. The molecule has 1 aromatic heterocycles. The lowest BCUT2D eigenvalue weighted by molar-refractivity contribution is 0.100. The van der Waals surface area contributed by atoms with Gasteiger partial charge in [0.1, 0.15) is 0 Å². The van der Waals surface area contributed by atoms with Gasteiger partial charge in [0.25, 0.3) is 5.91 Å². The molecule has 1 amide bonds. The molecule has 1 aliphatic carbocycles. The average molecular weight is 338 g/mol. The number of carbonyl (C=O) groups is 1. The highest BCUT2D eigenvalue weighted by molar-refractivity contribution is 6.04. The largest absolute Gasteiger partial charge is 0.276 e. The molecular formula is C23H18N2O. The fourth-order valence-corrected chi connectivity index (χ4v) is 3.66. The highest BCUT2D eigenvalue weighted by Gasteiger charge is 2.24. The molecule has 0 atom stereocenters. The van der Waals surface area contributed by atoms with Crippen LogP contribution in [0.2, 0.25) is 0 Å². The lowest BCUT2D eigenvalue weighted by Gasteiger charge is -2.14. The summed E-state index contributed by atoms with van der Waals surface area (Å²) in [5.74, 6) is 0.567. The van der Waals surface area contributed by atoms with Gasteiger partial charge in [-0.25, -0.2) is 4.99 Å². The highest BCUT2D eigenvalue weighted by Crippen LogP contribution is 2.41. The first-order valence-corrected chi connectivity index (χ1v) is 9.05. The van der Waals surface area contributed by atoms with Gasteiger partial charge in [-0.1, -0.05) is 30.3 Å². The molecule has 0 unspecified atom stereocenters. The maximum atomic E-state index is 11.9. The van der Waals surface area contributed by atoms with Crippen molar-refractivity contribution in [1.29, 1.82) is 0 Å². The van der Waals surface area contributed by atoms with E-state index >= 15 is 0 Å². The Morgan fingerprint density at radius 2 is 1.81 bits per heavy atom. The topological polar surface area (TPSA) is 42.3 Å². The lowest BCUT2D eigenvalue weighted by atomic mass is 9.93. The number of hydrogen-bond donors (Lipinski definition) is 0. The normalized spacial score (nSPS) is 15.8. The van der Waals surface area contributed by atoms with Crippen LogP contribution in [0.5, 0.6) is 0 Å². The van der Waals surface area contributed by atoms with E-state index in [1.54, 1.807) is 6.21 Å². The predicted octanol–water partition coefficient (Wildman–Crippen LogP) is 5.06. The summed E-state index contributed by atoms with van der Waals surface area (Å²) in [5, 5.41) is 0. The molecule has 2 aliphatic rings. The van der Waals surface area contributed by atoms with Crippen LogP contribution in [0.3, 0.4) is 0 Å². The highest BCUT2D eigenvalue weighted by atomic mass is 16.1. The number of hydrogen-bond acceptors (Lipinski definition) is 2. The molecule has 1 aliphatic heterocycles. The number of aromatic nitrogens is 1. The third-order valence-electron chi connectivity index (χ3n) is 5.18. The van der Waals surface area contributed by atoms with Crippen molar-refractivity contribution in [2.45, 2.75) is 25.2 Å². The quantitative estimate of drug-likeness (QED) is 0.670. The van der Waals surface area contributed by atoms with Crippen LogP contribution >= 0.6 is 0 Å². The second kappa shape index (κ2) is 6.03. The van der Waals surface area contributed by atoms with Gasteiger partial charge in [-0.05, 0) is 59.7 Å². The SMILES string of the molecule is O=C1N=CCc2cc(-c3cccnc3-c3cccc(C4CC4)c3)ccc21. The summed E-state index contributed by atoms with van der Waals surface area (Å²) >= 11 is 0. The summed E-state index contributed by atoms with van der Waals surface area (Å²) < 4.78 is 0. The second-order valence-electron chi connectivity index (χ2n) is 6.99.